The van der Waals surface area contributed by atoms with Crippen LogP contribution in [0.1, 0.15) is 18.2 Å². The lowest BCUT2D eigenvalue weighted by Crippen LogP contribution is -2.46. The van der Waals surface area contributed by atoms with Gasteiger partial charge in [-0.3, -0.25) is 14.6 Å². The van der Waals surface area contributed by atoms with Crippen LogP contribution in [0.25, 0.3) is 0 Å². The van der Waals surface area contributed by atoms with Gasteiger partial charge in [-0.2, -0.15) is 18.2 Å². The van der Waals surface area contributed by atoms with Gasteiger partial charge in [-0.15, -0.1) is 0 Å². The number of pyridine rings is 1. The Morgan fingerprint density at radius 2 is 1.83 bits per heavy atom. The summed E-state index contributed by atoms with van der Waals surface area (Å²) < 4.78 is 43.3. The largest absolute Gasteiger partial charge is 0.418 e. The number of methoxy groups -OCH3 is 1. The number of aromatic nitrogens is 1. The van der Waals surface area contributed by atoms with E-state index in [9.17, 15) is 22.8 Å². The van der Waals surface area contributed by atoms with Crippen LogP contribution in [0.3, 0.4) is 0 Å². The van der Waals surface area contributed by atoms with Gasteiger partial charge in [-0.25, -0.2) is 4.98 Å². The molecule has 2 amide bonds. The number of nitrogens with zero attached hydrogens (tertiary/aromatic N) is 3. The van der Waals surface area contributed by atoms with Gasteiger partial charge in [0.15, 0.2) is 0 Å². The normalized spacial score (nSPS) is 15.5. The van der Waals surface area contributed by atoms with Gasteiger partial charge >= 0.3 is 6.18 Å². The zero-order valence-electron chi connectivity index (χ0n) is 13.6. The third-order valence-electron chi connectivity index (χ3n) is 3.71. The van der Waals surface area contributed by atoms with E-state index in [1.807, 2.05) is 0 Å². The molecule has 0 spiro atoms. The SMILES string of the molecule is COCC1=C(C)C(=O)N(N(C)c2ccc(C(F)(F)F)c(C)n2)C1=O. The van der Waals surface area contributed by atoms with Crippen LogP contribution in [-0.2, 0) is 20.5 Å². The average Bonchev–Trinajstić information content (AvgIpc) is 2.69. The van der Waals surface area contributed by atoms with E-state index in [0.29, 0.717) is 0 Å². The lowest BCUT2D eigenvalue weighted by Gasteiger charge is -2.28. The van der Waals surface area contributed by atoms with Gasteiger partial charge in [-0.1, -0.05) is 0 Å². The molecule has 0 radical (unpaired) electrons. The highest BCUT2D eigenvalue weighted by molar-refractivity contribution is 6.19. The zero-order chi connectivity index (χ0) is 18.2. The zero-order valence-corrected chi connectivity index (χ0v) is 13.6. The minimum Gasteiger partial charge on any atom is -0.380 e. The highest BCUT2D eigenvalue weighted by atomic mass is 19.4. The minimum atomic E-state index is -4.52. The third-order valence-corrected chi connectivity index (χ3v) is 3.71. The second-order valence-corrected chi connectivity index (χ2v) is 5.28. The number of aryl methyl sites for hydroxylation is 1. The molecule has 0 saturated carbocycles. The van der Waals surface area contributed by atoms with E-state index in [2.05, 4.69) is 4.98 Å². The first-order chi connectivity index (χ1) is 11.1. The molecular formula is C15H16F3N3O3. The molecule has 0 atom stereocenters. The summed E-state index contributed by atoms with van der Waals surface area (Å²) in [5, 5.41) is 1.96. The van der Waals surface area contributed by atoms with Crippen LogP contribution >= 0.6 is 0 Å². The molecule has 0 bridgehead atoms. The lowest BCUT2D eigenvalue weighted by atomic mass is 10.2. The van der Waals surface area contributed by atoms with Gasteiger partial charge in [-0.05, 0) is 26.0 Å². The summed E-state index contributed by atoms with van der Waals surface area (Å²) in [6, 6.07) is 1.98. The molecule has 1 aromatic heterocycles. The summed E-state index contributed by atoms with van der Waals surface area (Å²) in [7, 11) is 2.78. The summed E-state index contributed by atoms with van der Waals surface area (Å²) in [6.07, 6.45) is -4.52. The summed E-state index contributed by atoms with van der Waals surface area (Å²) in [5.74, 6) is -1.09. The van der Waals surface area contributed by atoms with E-state index < -0.39 is 23.6 Å². The minimum absolute atomic E-state index is 0.0276. The summed E-state index contributed by atoms with van der Waals surface area (Å²) >= 11 is 0. The van der Waals surface area contributed by atoms with Crippen LogP contribution in [0, 0.1) is 6.92 Å². The predicted octanol–water partition coefficient (Wildman–Crippen LogP) is 2.09. The molecule has 130 valence electrons. The van der Waals surface area contributed by atoms with Crippen molar-refractivity contribution in [2.45, 2.75) is 20.0 Å². The van der Waals surface area contributed by atoms with Gasteiger partial charge < -0.3 is 4.74 Å². The van der Waals surface area contributed by atoms with E-state index in [1.54, 1.807) is 0 Å². The second-order valence-electron chi connectivity index (χ2n) is 5.28. The number of rotatable bonds is 4. The van der Waals surface area contributed by atoms with E-state index in [-0.39, 0.29) is 29.3 Å². The molecule has 1 aliphatic rings. The monoisotopic (exact) mass is 343 g/mol. The average molecular weight is 343 g/mol. The fraction of sp³-hybridized carbons (Fsp3) is 0.400. The molecule has 9 heteroatoms. The van der Waals surface area contributed by atoms with Crippen molar-refractivity contribution in [3.63, 3.8) is 0 Å². The van der Waals surface area contributed by atoms with Crippen molar-refractivity contribution >= 4 is 17.6 Å². The number of carbonyl (C=O) groups is 2. The molecule has 0 N–H and O–H groups in total. The Labute approximate surface area is 136 Å². The fourth-order valence-corrected chi connectivity index (χ4v) is 2.39. The number of anilines is 1. The van der Waals surface area contributed by atoms with Gasteiger partial charge in [0.2, 0.25) is 0 Å². The number of carbonyl (C=O) groups excluding carboxylic acids is 2. The van der Waals surface area contributed by atoms with Crippen LogP contribution in [-0.4, -0.2) is 42.6 Å². The Bertz CT molecular complexity index is 728. The number of halogens is 3. The quantitative estimate of drug-likeness (QED) is 0.784. The summed E-state index contributed by atoms with van der Waals surface area (Å²) in [4.78, 5) is 28.5. The Morgan fingerprint density at radius 3 is 2.33 bits per heavy atom. The summed E-state index contributed by atoms with van der Waals surface area (Å²) in [5.41, 5.74) is -0.670. The van der Waals surface area contributed by atoms with Crippen molar-refractivity contribution in [2.75, 3.05) is 25.8 Å². The smallest absolute Gasteiger partial charge is 0.380 e. The number of amides is 2. The Hall–Kier alpha value is -2.42. The van der Waals surface area contributed by atoms with E-state index >= 15 is 0 Å². The van der Waals surface area contributed by atoms with Crippen molar-refractivity contribution in [1.29, 1.82) is 0 Å². The number of hydrogen-bond acceptors (Lipinski definition) is 5. The third kappa shape index (κ3) is 2.99. The Kier molecular flexibility index (Phi) is 4.66. The maximum absolute atomic E-state index is 12.8. The topological polar surface area (TPSA) is 62.7 Å². The molecule has 24 heavy (non-hydrogen) atoms. The molecule has 0 aliphatic carbocycles. The molecule has 2 heterocycles. The van der Waals surface area contributed by atoms with Crippen molar-refractivity contribution in [3.8, 4) is 0 Å². The van der Waals surface area contributed by atoms with Crippen molar-refractivity contribution in [2.24, 2.45) is 0 Å². The molecule has 0 fully saturated rings. The van der Waals surface area contributed by atoms with Crippen molar-refractivity contribution in [1.82, 2.24) is 9.99 Å². The Morgan fingerprint density at radius 1 is 1.21 bits per heavy atom. The predicted molar refractivity (Wildman–Crippen MR) is 78.8 cm³/mol. The molecule has 1 aliphatic heterocycles. The van der Waals surface area contributed by atoms with Crippen LogP contribution in [0.2, 0.25) is 0 Å². The standard InChI is InChI=1S/C15H16F3N3O3/c1-8-10(7-24-4)14(23)21(13(8)22)20(3)12-6-5-11(9(2)19-12)15(16,17)18/h5-6H,7H2,1-4H3. The first-order valence-corrected chi connectivity index (χ1v) is 6.95. The first-order valence-electron chi connectivity index (χ1n) is 6.95. The van der Waals surface area contributed by atoms with Crippen LogP contribution in [0.15, 0.2) is 23.3 Å². The van der Waals surface area contributed by atoms with Crippen molar-refractivity contribution in [3.05, 3.63) is 34.5 Å². The van der Waals surface area contributed by atoms with E-state index in [0.717, 1.165) is 22.2 Å². The number of imide groups is 1. The molecule has 1 aromatic rings. The number of alkyl halides is 3. The van der Waals surface area contributed by atoms with Crippen LogP contribution in [0.5, 0.6) is 0 Å². The van der Waals surface area contributed by atoms with Crippen LogP contribution < -0.4 is 5.01 Å². The van der Waals surface area contributed by atoms with E-state index in [1.165, 1.54) is 28.0 Å². The molecule has 6 nitrogen and oxygen atoms in total. The molecule has 2 rings (SSSR count). The maximum atomic E-state index is 12.8. The molecule has 0 saturated heterocycles. The fourth-order valence-electron chi connectivity index (χ4n) is 2.39. The molecular weight excluding hydrogens is 327 g/mol. The number of hydrogen-bond donors (Lipinski definition) is 0. The number of hydrazine groups is 1. The van der Waals surface area contributed by atoms with E-state index in [4.69, 9.17) is 4.74 Å². The van der Waals surface area contributed by atoms with Gasteiger partial charge in [0, 0.05) is 19.7 Å². The molecule has 0 aromatic carbocycles. The van der Waals surface area contributed by atoms with Gasteiger partial charge in [0.1, 0.15) is 5.82 Å². The van der Waals surface area contributed by atoms with Crippen LogP contribution in [0.4, 0.5) is 19.0 Å². The summed E-state index contributed by atoms with van der Waals surface area (Å²) in [6.45, 7) is 2.68. The maximum Gasteiger partial charge on any atom is 0.418 e. The second kappa shape index (κ2) is 6.23. The highest BCUT2D eigenvalue weighted by Crippen LogP contribution is 2.32. The van der Waals surface area contributed by atoms with Gasteiger partial charge in [0.25, 0.3) is 11.8 Å². The molecule has 0 unspecified atom stereocenters. The van der Waals surface area contributed by atoms with Gasteiger partial charge in [0.05, 0.1) is 23.4 Å². The number of ether oxygens (including phenoxy) is 1. The Balaban J connectivity index is 2.34. The lowest BCUT2D eigenvalue weighted by molar-refractivity contribution is -0.139. The first kappa shape index (κ1) is 17.9. The van der Waals surface area contributed by atoms with Crippen molar-refractivity contribution < 1.29 is 27.5 Å². The highest BCUT2D eigenvalue weighted by Gasteiger charge is 2.39.